The molecule has 0 aliphatic carbocycles. The molecule has 3 nitrogen and oxygen atoms in total. The van der Waals surface area contributed by atoms with Crippen LogP contribution in [0.2, 0.25) is 5.15 Å². The van der Waals surface area contributed by atoms with Gasteiger partial charge < -0.3 is 4.90 Å². The summed E-state index contributed by atoms with van der Waals surface area (Å²) in [5, 5.41) is 0.372. The van der Waals surface area contributed by atoms with Crippen LogP contribution >= 0.6 is 11.6 Å². The third-order valence-corrected chi connectivity index (χ3v) is 2.97. The largest absolute Gasteiger partial charge is 0.324 e. The lowest BCUT2D eigenvalue weighted by Crippen LogP contribution is -2.19. The van der Waals surface area contributed by atoms with Gasteiger partial charge in [0.2, 0.25) is 0 Å². The Morgan fingerprint density at radius 1 is 1.21 bits per heavy atom. The van der Waals surface area contributed by atoms with Crippen molar-refractivity contribution in [2.24, 2.45) is 0 Å². The summed E-state index contributed by atoms with van der Waals surface area (Å²) in [6.45, 7) is 4.49. The fraction of sp³-hybridized carbons (Fsp3) is 0.286. The Labute approximate surface area is 117 Å². The number of nitrogens with zero attached hydrogens (tertiary/aromatic N) is 3. The van der Waals surface area contributed by atoms with Crippen LogP contribution in [0.5, 0.6) is 0 Å². The molecule has 0 spiro atoms. The maximum absolute atomic E-state index is 13.9. The molecule has 0 fully saturated rings. The van der Waals surface area contributed by atoms with E-state index in [-0.39, 0.29) is 5.82 Å². The average molecular weight is 280 g/mol. The van der Waals surface area contributed by atoms with Crippen LogP contribution in [0.1, 0.15) is 19.7 Å². The molecule has 0 aliphatic rings. The lowest BCUT2D eigenvalue weighted by molar-refractivity contribution is 0.625. The highest BCUT2D eigenvalue weighted by Gasteiger charge is 2.14. The van der Waals surface area contributed by atoms with E-state index < -0.39 is 0 Å². The smallest absolute Gasteiger partial charge is 0.146 e. The summed E-state index contributed by atoms with van der Waals surface area (Å²) in [7, 11) is 0. The van der Waals surface area contributed by atoms with Crippen molar-refractivity contribution in [2.75, 3.05) is 11.4 Å². The number of aromatic nitrogens is 2. The maximum atomic E-state index is 13.9. The molecular weight excluding hydrogens is 265 g/mol. The van der Waals surface area contributed by atoms with Gasteiger partial charge in [-0.1, -0.05) is 30.7 Å². The monoisotopic (exact) mass is 279 g/mol. The van der Waals surface area contributed by atoms with Crippen molar-refractivity contribution in [1.82, 2.24) is 9.97 Å². The van der Waals surface area contributed by atoms with E-state index in [9.17, 15) is 4.39 Å². The topological polar surface area (TPSA) is 29.0 Å². The van der Waals surface area contributed by atoms with E-state index in [0.29, 0.717) is 35.4 Å². The lowest BCUT2D eigenvalue weighted by Gasteiger charge is -2.23. The van der Waals surface area contributed by atoms with Crippen molar-refractivity contribution in [1.29, 1.82) is 0 Å². The van der Waals surface area contributed by atoms with Gasteiger partial charge in [-0.2, -0.15) is 0 Å². The summed E-state index contributed by atoms with van der Waals surface area (Å²) < 4.78 is 13.9. The summed E-state index contributed by atoms with van der Waals surface area (Å²) >= 11 is 5.99. The average Bonchev–Trinajstić information content (AvgIpc) is 2.41. The molecule has 0 bridgehead atoms. The summed E-state index contributed by atoms with van der Waals surface area (Å²) in [6, 6.07) is 8.26. The fourth-order valence-corrected chi connectivity index (χ4v) is 2.07. The summed E-state index contributed by atoms with van der Waals surface area (Å²) in [4.78, 5) is 10.3. The minimum atomic E-state index is -0.280. The Morgan fingerprint density at radius 3 is 2.58 bits per heavy atom. The molecule has 0 aliphatic heterocycles. The quantitative estimate of drug-likeness (QED) is 0.793. The van der Waals surface area contributed by atoms with Gasteiger partial charge in [0.05, 0.1) is 5.69 Å². The number of benzene rings is 1. The van der Waals surface area contributed by atoms with E-state index in [2.05, 4.69) is 9.97 Å². The SMILES string of the molecule is CCc1nc(Cl)cc(N(CC)c2ccccc2F)n1. The van der Waals surface area contributed by atoms with E-state index in [0.717, 1.165) is 0 Å². The van der Waals surface area contributed by atoms with Gasteiger partial charge in [0, 0.05) is 19.0 Å². The van der Waals surface area contributed by atoms with Crippen LogP contribution in [-0.2, 0) is 6.42 Å². The minimum Gasteiger partial charge on any atom is -0.324 e. The standard InChI is InChI=1S/C14H15ClFN3/c1-3-13-17-12(15)9-14(18-13)19(4-2)11-8-6-5-7-10(11)16/h5-9H,3-4H2,1-2H3. The zero-order chi connectivity index (χ0) is 13.8. The van der Waals surface area contributed by atoms with Crippen LogP contribution in [0.4, 0.5) is 15.9 Å². The molecule has 2 rings (SSSR count). The third kappa shape index (κ3) is 3.01. The van der Waals surface area contributed by atoms with E-state index in [4.69, 9.17) is 11.6 Å². The molecule has 0 atom stereocenters. The number of halogens is 2. The molecule has 0 N–H and O–H groups in total. The van der Waals surface area contributed by atoms with E-state index in [1.807, 2.05) is 13.8 Å². The van der Waals surface area contributed by atoms with Crippen molar-refractivity contribution in [3.8, 4) is 0 Å². The highest BCUT2D eigenvalue weighted by molar-refractivity contribution is 6.29. The van der Waals surface area contributed by atoms with Gasteiger partial charge >= 0.3 is 0 Å². The Bertz CT molecular complexity index is 574. The molecule has 0 amide bonds. The maximum Gasteiger partial charge on any atom is 0.146 e. The van der Waals surface area contributed by atoms with Crippen molar-refractivity contribution in [3.63, 3.8) is 0 Å². The highest BCUT2D eigenvalue weighted by Crippen LogP contribution is 2.27. The lowest BCUT2D eigenvalue weighted by atomic mass is 10.2. The fourth-order valence-electron chi connectivity index (χ4n) is 1.87. The van der Waals surface area contributed by atoms with Crippen LogP contribution in [-0.4, -0.2) is 16.5 Å². The summed E-state index contributed by atoms with van der Waals surface area (Å²) in [5.41, 5.74) is 0.488. The molecule has 2 aromatic rings. The molecule has 0 saturated heterocycles. The number of anilines is 2. The van der Waals surface area contributed by atoms with Crippen LogP contribution < -0.4 is 4.90 Å². The number of para-hydroxylation sites is 1. The van der Waals surface area contributed by atoms with Gasteiger partial charge in [0.1, 0.15) is 22.6 Å². The van der Waals surface area contributed by atoms with Gasteiger partial charge in [-0.3, -0.25) is 0 Å². The molecule has 0 radical (unpaired) electrons. The molecule has 19 heavy (non-hydrogen) atoms. The van der Waals surface area contributed by atoms with Gasteiger partial charge in [-0.15, -0.1) is 0 Å². The predicted molar refractivity (Wildman–Crippen MR) is 75.5 cm³/mol. The summed E-state index contributed by atoms with van der Waals surface area (Å²) in [5.74, 6) is 0.985. The minimum absolute atomic E-state index is 0.280. The van der Waals surface area contributed by atoms with E-state index in [1.165, 1.54) is 6.07 Å². The number of hydrogen-bond acceptors (Lipinski definition) is 3. The molecule has 1 heterocycles. The van der Waals surface area contributed by atoms with Gasteiger partial charge in [-0.25, -0.2) is 14.4 Å². The Kier molecular flexibility index (Phi) is 4.32. The Morgan fingerprint density at radius 2 is 1.95 bits per heavy atom. The van der Waals surface area contributed by atoms with Gasteiger partial charge in [0.15, 0.2) is 0 Å². The second-order valence-corrected chi connectivity index (χ2v) is 4.40. The highest BCUT2D eigenvalue weighted by atomic mass is 35.5. The molecule has 1 aromatic heterocycles. The van der Waals surface area contributed by atoms with Gasteiger partial charge in [-0.05, 0) is 19.1 Å². The normalized spacial score (nSPS) is 10.5. The second kappa shape index (κ2) is 5.97. The van der Waals surface area contributed by atoms with Crippen molar-refractivity contribution >= 4 is 23.1 Å². The first-order valence-electron chi connectivity index (χ1n) is 6.21. The third-order valence-electron chi connectivity index (χ3n) is 2.78. The first-order valence-corrected chi connectivity index (χ1v) is 6.59. The van der Waals surface area contributed by atoms with Crippen LogP contribution in [0.15, 0.2) is 30.3 Å². The van der Waals surface area contributed by atoms with Crippen LogP contribution in [0.25, 0.3) is 0 Å². The number of hydrogen-bond donors (Lipinski definition) is 0. The second-order valence-electron chi connectivity index (χ2n) is 4.01. The molecule has 0 unspecified atom stereocenters. The predicted octanol–water partition coefficient (Wildman–Crippen LogP) is 3.99. The Balaban J connectivity index is 2.48. The van der Waals surface area contributed by atoms with Crippen molar-refractivity contribution < 1.29 is 4.39 Å². The zero-order valence-corrected chi connectivity index (χ0v) is 11.7. The van der Waals surface area contributed by atoms with E-state index >= 15 is 0 Å². The molecular formula is C14H15ClFN3. The van der Waals surface area contributed by atoms with Crippen LogP contribution in [0.3, 0.4) is 0 Å². The molecule has 0 saturated carbocycles. The van der Waals surface area contributed by atoms with Crippen molar-refractivity contribution in [3.05, 3.63) is 47.1 Å². The summed E-state index contributed by atoms with van der Waals surface area (Å²) in [6.07, 6.45) is 0.683. The molecule has 5 heteroatoms. The zero-order valence-electron chi connectivity index (χ0n) is 10.9. The van der Waals surface area contributed by atoms with Crippen molar-refractivity contribution in [2.45, 2.75) is 20.3 Å². The van der Waals surface area contributed by atoms with E-state index in [1.54, 1.807) is 29.2 Å². The number of rotatable bonds is 4. The van der Waals surface area contributed by atoms with Crippen LogP contribution in [0, 0.1) is 5.82 Å². The molecule has 100 valence electrons. The van der Waals surface area contributed by atoms with Gasteiger partial charge in [0.25, 0.3) is 0 Å². The first kappa shape index (κ1) is 13.7. The first-order chi connectivity index (χ1) is 9.15. The Hall–Kier alpha value is -1.68. The number of aryl methyl sites for hydroxylation is 1. The molecule has 1 aromatic carbocycles.